The van der Waals surface area contributed by atoms with Crippen LogP contribution in [0.2, 0.25) is 0 Å². The molecular weight excluding hydrogens is 280 g/mol. The standard InChI is InChI=1S/C16H22N4O2/c1-10-3-4-13-14(9-10)19-15(18-13)11(2)17-16(22)20-7-5-12(21)6-8-20/h3-4,9,11-12,21H,5-8H2,1-2H3,(H,17,22)(H,18,19). The Morgan fingerprint density at radius 3 is 2.91 bits per heavy atom. The Labute approximate surface area is 129 Å². The number of benzene rings is 1. The number of urea groups is 1. The van der Waals surface area contributed by atoms with E-state index >= 15 is 0 Å². The number of piperidine rings is 1. The molecule has 0 bridgehead atoms. The van der Waals surface area contributed by atoms with Crippen LogP contribution in [0.25, 0.3) is 11.0 Å². The summed E-state index contributed by atoms with van der Waals surface area (Å²) in [5.41, 5.74) is 3.06. The van der Waals surface area contributed by atoms with E-state index in [2.05, 4.69) is 15.3 Å². The summed E-state index contributed by atoms with van der Waals surface area (Å²) < 4.78 is 0. The zero-order valence-corrected chi connectivity index (χ0v) is 13.0. The number of aromatic nitrogens is 2. The van der Waals surface area contributed by atoms with Crippen molar-refractivity contribution in [2.45, 2.75) is 38.8 Å². The highest BCUT2D eigenvalue weighted by Gasteiger charge is 2.23. The maximum absolute atomic E-state index is 12.2. The Bertz CT molecular complexity index is 674. The van der Waals surface area contributed by atoms with Crippen molar-refractivity contribution in [2.24, 2.45) is 0 Å². The number of carbonyl (C=O) groups is 1. The molecule has 0 aliphatic carbocycles. The molecule has 6 heteroatoms. The van der Waals surface area contributed by atoms with E-state index in [-0.39, 0.29) is 18.2 Å². The van der Waals surface area contributed by atoms with Crippen molar-refractivity contribution in [3.05, 3.63) is 29.6 Å². The lowest BCUT2D eigenvalue weighted by atomic mass is 10.1. The number of aliphatic hydroxyl groups is 1. The van der Waals surface area contributed by atoms with Crippen molar-refractivity contribution >= 4 is 17.1 Å². The molecule has 1 aliphatic heterocycles. The van der Waals surface area contributed by atoms with Gasteiger partial charge in [0.1, 0.15) is 5.82 Å². The number of aryl methyl sites for hydroxylation is 1. The fourth-order valence-electron chi connectivity index (χ4n) is 2.76. The number of rotatable bonds is 2. The monoisotopic (exact) mass is 302 g/mol. The highest BCUT2D eigenvalue weighted by Crippen LogP contribution is 2.18. The maximum atomic E-state index is 12.2. The molecule has 3 N–H and O–H groups in total. The van der Waals surface area contributed by atoms with E-state index in [0.29, 0.717) is 25.9 Å². The number of carbonyl (C=O) groups excluding carboxylic acids is 1. The smallest absolute Gasteiger partial charge is 0.317 e. The van der Waals surface area contributed by atoms with Crippen LogP contribution < -0.4 is 5.32 Å². The fourth-order valence-corrected chi connectivity index (χ4v) is 2.76. The third-order valence-electron chi connectivity index (χ3n) is 4.16. The molecule has 1 aromatic carbocycles. The Kier molecular flexibility index (Phi) is 4.02. The molecule has 1 fully saturated rings. The van der Waals surface area contributed by atoms with Gasteiger partial charge in [-0.25, -0.2) is 9.78 Å². The number of aliphatic hydroxyl groups excluding tert-OH is 1. The molecule has 2 aromatic rings. The van der Waals surface area contributed by atoms with Crippen LogP contribution in [-0.4, -0.2) is 45.2 Å². The molecular formula is C16H22N4O2. The summed E-state index contributed by atoms with van der Waals surface area (Å²) in [6.45, 7) is 5.15. The number of likely N-dealkylation sites (tertiary alicyclic amines) is 1. The van der Waals surface area contributed by atoms with Crippen molar-refractivity contribution in [3.63, 3.8) is 0 Å². The molecule has 1 aliphatic rings. The van der Waals surface area contributed by atoms with Gasteiger partial charge in [-0.05, 0) is 44.4 Å². The first-order valence-corrected chi connectivity index (χ1v) is 7.72. The summed E-state index contributed by atoms with van der Waals surface area (Å²) in [5.74, 6) is 0.756. The van der Waals surface area contributed by atoms with Crippen LogP contribution in [0.3, 0.4) is 0 Å². The van der Waals surface area contributed by atoms with Crippen LogP contribution in [0.4, 0.5) is 4.79 Å². The van der Waals surface area contributed by atoms with E-state index in [4.69, 9.17) is 0 Å². The summed E-state index contributed by atoms with van der Waals surface area (Å²) in [5, 5.41) is 12.5. The average molecular weight is 302 g/mol. The first-order chi connectivity index (χ1) is 10.5. The average Bonchev–Trinajstić information content (AvgIpc) is 2.91. The quantitative estimate of drug-likeness (QED) is 0.794. The largest absolute Gasteiger partial charge is 0.393 e. The van der Waals surface area contributed by atoms with Crippen LogP contribution in [0.5, 0.6) is 0 Å². The summed E-state index contributed by atoms with van der Waals surface area (Å²) in [7, 11) is 0. The lowest BCUT2D eigenvalue weighted by molar-refractivity contribution is 0.0929. The topological polar surface area (TPSA) is 81.2 Å². The molecule has 22 heavy (non-hydrogen) atoms. The Hall–Kier alpha value is -2.08. The van der Waals surface area contributed by atoms with Crippen LogP contribution in [0.15, 0.2) is 18.2 Å². The fraction of sp³-hybridized carbons (Fsp3) is 0.500. The van der Waals surface area contributed by atoms with E-state index in [9.17, 15) is 9.90 Å². The van der Waals surface area contributed by atoms with E-state index in [0.717, 1.165) is 16.9 Å². The minimum Gasteiger partial charge on any atom is -0.393 e. The highest BCUT2D eigenvalue weighted by atomic mass is 16.3. The molecule has 2 amide bonds. The van der Waals surface area contributed by atoms with Crippen molar-refractivity contribution in [1.82, 2.24) is 20.2 Å². The van der Waals surface area contributed by atoms with Gasteiger partial charge in [0.05, 0.1) is 23.2 Å². The third-order valence-corrected chi connectivity index (χ3v) is 4.16. The predicted molar refractivity (Wildman–Crippen MR) is 84.6 cm³/mol. The number of fused-ring (bicyclic) bond motifs is 1. The van der Waals surface area contributed by atoms with Gasteiger partial charge in [-0.2, -0.15) is 0 Å². The van der Waals surface area contributed by atoms with Gasteiger partial charge in [-0.3, -0.25) is 0 Å². The van der Waals surface area contributed by atoms with Crippen LogP contribution >= 0.6 is 0 Å². The van der Waals surface area contributed by atoms with Gasteiger partial charge in [-0.15, -0.1) is 0 Å². The third kappa shape index (κ3) is 3.06. The molecule has 0 radical (unpaired) electrons. The van der Waals surface area contributed by atoms with Crippen molar-refractivity contribution in [3.8, 4) is 0 Å². The second-order valence-corrected chi connectivity index (χ2v) is 6.03. The van der Waals surface area contributed by atoms with Crippen molar-refractivity contribution in [1.29, 1.82) is 0 Å². The minimum atomic E-state index is -0.278. The molecule has 1 saturated heterocycles. The van der Waals surface area contributed by atoms with Gasteiger partial charge < -0.3 is 20.3 Å². The summed E-state index contributed by atoms with van der Waals surface area (Å²) in [4.78, 5) is 21.8. The molecule has 1 atom stereocenters. The first-order valence-electron chi connectivity index (χ1n) is 7.72. The van der Waals surface area contributed by atoms with E-state index in [1.807, 2.05) is 32.0 Å². The van der Waals surface area contributed by atoms with Gasteiger partial charge in [0.25, 0.3) is 0 Å². The molecule has 1 aromatic heterocycles. The zero-order valence-electron chi connectivity index (χ0n) is 13.0. The molecule has 0 saturated carbocycles. The number of imidazole rings is 1. The number of amides is 2. The van der Waals surface area contributed by atoms with Gasteiger partial charge in [-0.1, -0.05) is 6.07 Å². The molecule has 2 heterocycles. The Morgan fingerprint density at radius 2 is 2.18 bits per heavy atom. The lowest BCUT2D eigenvalue weighted by Gasteiger charge is -2.30. The molecule has 6 nitrogen and oxygen atoms in total. The summed E-state index contributed by atoms with van der Waals surface area (Å²) in [6.07, 6.45) is 1.01. The zero-order chi connectivity index (χ0) is 15.7. The minimum absolute atomic E-state index is 0.101. The number of hydrogen-bond acceptors (Lipinski definition) is 3. The number of H-pyrrole nitrogens is 1. The number of nitrogens with one attached hydrogen (secondary N) is 2. The van der Waals surface area contributed by atoms with Crippen LogP contribution in [0, 0.1) is 6.92 Å². The van der Waals surface area contributed by atoms with Gasteiger partial charge >= 0.3 is 6.03 Å². The van der Waals surface area contributed by atoms with Gasteiger partial charge in [0, 0.05) is 13.1 Å². The van der Waals surface area contributed by atoms with Crippen LogP contribution in [-0.2, 0) is 0 Å². The number of hydrogen-bond donors (Lipinski definition) is 3. The number of aromatic amines is 1. The first kappa shape index (κ1) is 14.8. The molecule has 118 valence electrons. The molecule has 3 rings (SSSR count). The molecule has 1 unspecified atom stereocenters. The lowest BCUT2D eigenvalue weighted by Crippen LogP contribution is -2.46. The van der Waals surface area contributed by atoms with E-state index in [1.165, 1.54) is 5.56 Å². The van der Waals surface area contributed by atoms with E-state index in [1.54, 1.807) is 4.90 Å². The van der Waals surface area contributed by atoms with Gasteiger partial charge in [0.15, 0.2) is 0 Å². The number of nitrogens with zero attached hydrogens (tertiary/aromatic N) is 2. The second kappa shape index (κ2) is 5.96. The van der Waals surface area contributed by atoms with Crippen molar-refractivity contribution < 1.29 is 9.90 Å². The van der Waals surface area contributed by atoms with Gasteiger partial charge in [0.2, 0.25) is 0 Å². The van der Waals surface area contributed by atoms with Crippen LogP contribution in [0.1, 0.15) is 37.2 Å². The normalized spacial score (nSPS) is 17.7. The predicted octanol–water partition coefficient (Wildman–Crippen LogP) is 2.10. The molecule has 0 spiro atoms. The summed E-state index contributed by atoms with van der Waals surface area (Å²) >= 11 is 0. The maximum Gasteiger partial charge on any atom is 0.317 e. The Balaban J connectivity index is 1.67. The van der Waals surface area contributed by atoms with Crippen molar-refractivity contribution in [2.75, 3.05) is 13.1 Å². The summed E-state index contributed by atoms with van der Waals surface area (Å²) in [6, 6.07) is 5.76. The highest BCUT2D eigenvalue weighted by molar-refractivity contribution is 5.77. The second-order valence-electron chi connectivity index (χ2n) is 6.03. The Morgan fingerprint density at radius 1 is 1.45 bits per heavy atom. The van der Waals surface area contributed by atoms with E-state index < -0.39 is 0 Å². The SMILES string of the molecule is Cc1ccc2nc(C(C)NC(=O)N3CCC(O)CC3)[nH]c2c1.